The highest BCUT2D eigenvalue weighted by atomic mass is 16.3. The lowest BCUT2D eigenvalue weighted by atomic mass is 9.92. The van der Waals surface area contributed by atoms with Crippen molar-refractivity contribution in [2.45, 2.75) is 85.4 Å². The van der Waals surface area contributed by atoms with Gasteiger partial charge in [-0.3, -0.25) is 0 Å². The Morgan fingerprint density at radius 3 is 2.00 bits per heavy atom. The van der Waals surface area contributed by atoms with E-state index in [9.17, 15) is 5.11 Å². The van der Waals surface area contributed by atoms with Crippen molar-refractivity contribution in [1.29, 1.82) is 0 Å². The van der Waals surface area contributed by atoms with Crippen LogP contribution in [-0.2, 0) is 0 Å². The van der Waals surface area contributed by atoms with Gasteiger partial charge in [0.25, 0.3) is 0 Å². The molecule has 20 heavy (non-hydrogen) atoms. The lowest BCUT2D eigenvalue weighted by Crippen LogP contribution is -2.53. The van der Waals surface area contributed by atoms with Crippen LogP contribution < -0.4 is 5.32 Å². The molecule has 0 saturated heterocycles. The van der Waals surface area contributed by atoms with E-state index in [4.69, 9.17) is 0 Å². The van der Waals surface area contributed by atoms with E-state index in [1.807, 2.05) is 0 Å². The maximum absolute atomic E-state index is 9.73. The largest absolute Gasteiger partial charge is 0.394 e. The summed E-state index contributed by atoms with van der Waals surface area (Å²) >= 11 is 0. The number of rotatable bonds is 11. The summed E-state index contributed by atoms with van der Waals surface area (Å²) in [5.41, 5.74) is -0.186. The Kier molecular flexibility index (Phi) is 9.69. The Balaban J connectivity index is 4.62. The van der Waals surface area contributed by atoms with E-state index in [2.05, 4.69) is 58.7 Å². The Bertz CT molecular complexity index is 241. The number of nitrogens with zero attached hydrogens (tertiary/aromatic N) is 1. The van der Waals surface area contributed by atoms with Gasteiger partial charge in [-0.1, -0.05) is 47.5 Å². The molecular weight excluding hydrogens is 248 g/mol. The van der Waals surface area contributed by atoms with Crippen LogP contribution in [0.2, 0.25) is 0 Å². The molecule has 122 valence electrons. The van der Waals surface area contributed by atoms with E-state index >= 15 is 0 Å². The Morgan fingerprint density at radius 2 is 1.65 bits per heavy atom. The third kappa shape index (κ3) is 7.05. The molecule has 2 N–H and O–H groups in total. The molecule has 0 heterocycles. The van der Waals surface area contributed by atoms with Crippen molar-refractivity contribution in [3.05, 3.63) is 0 Å². The molecular formula is C17H38N2O. The van der Waals surface area contributed by atoms with Gasteiger partial charge in [0, 0.05) is 24.2 Å². The van der Waals surface area contributed by atoms with E-state index < -0.39 is 0 Å². The van der Waals surface area contributed by atoms with Crippen LogP contribution in [0.1, 0.15) is 67.7 Å². The van der Waals surface area contributed by atoms with Crippen LogP contribution in [-0.4, -0.2) is 47.3 Å². The fourth-order valence-electron chi connectivity index (χ4n) is 3.15. The lowest BCUT2D eigenvalue weighted by molar-refractivity contribution is 0.101. The average molecular weight is 287 g/mol. The van der Waals surface area contributed by atoms with Crippen molar-refractivity contribution in [3.8, 4) is 0 Å². The number of aliphatic hydroxyl groups excluding tert-OH is 1. The van der Waals surface area contributed by atoms with E-state index in [-0.39, 0.29) is 12.1 Å². The summed E-state index contributed by atoms with van der Waals surface area (Å²) in [5, 5.41) is 13.3. The molecule has 2 atom stereocenters. The van der Waals surface area contributed by atoms with Gasteiger partial charge >= 0.3 is 0 Å². The molecule has 0 rings (SSSR count). The monoisotopic (exact) mass is 286 g/mol. The van der Waals surface area contributed by atoms with Crippen molar-refractivity contribution in [2.24, 2.45) is 5.92 Å². The summed E-state index contributed by atoms with van der Waals surface area (Å²) < 4.78 is 0. The van der Waals surface area contributed by atoms with Crippen molar-refractivity contribution in [1.82, 2.24) is 10.2 Å². The van der Waals surface area contributed by atoms with Gasteiger partial charge in [-0.05, 0) is 32.7 Å². The number of hydrogen-bond acceptors (Lipinski definition) is 3. The first-order valence-corrected chi connectivity index (χ1v) is 8.44. The molecule has 0 fully saturated rings. The quantitative estimate of drug-likeness (QED) is 0.612. The molecule has 3 nitrogen and oxygen atoms in total. The van der Waals surface area contributed by atoms with Crippen molar-refractivity contribution >= 4 is 0 Å². The second kappa shape index (κ2) is 9.75. The van der Waals surface area contributed by atoms with Crippen LogP contribution in [0.5, 0.6) is 0 Å². The predicted octanol–water partition coefficient (Wildman–Crippen LogP) is 3.27. The van der Waals surface area contributed by atoms with Crippen LogP contribution in [0, 0.1) is 5.92 Å². The summed E-state index contributed by atoms with van der Waals surface area (Å²) in [6.45, 7) is 18.0. The minimum Gasteiger partial charge on any atom is -0.394 e. The fraction of sp³-hybridized carbons (Fsp3) is 1.00. The lowest BCUT2D eigenvalue weighted by Gasteiger charge is -2.38. The van der Waals surface area contributed by atoms with Gasteiger partial charge in [-0.25, -0.2) is 0 Å². The molecule has 2 unspecified atom stereocenters. The second-order valence-electron chi connectivity index (χ2n) is 6.84. The minimum atomic E-state index is -0.186. The van der Waals surface area contributed by atoms with Gasteiger partial charge in [0.2, 0.25) is 0 Å². The zero-order valence-corrected chi connectivity index (χ0v) is 14.9. The van der Waals surface area contributed by atoms with E-state index in [0.717, 1.165) is 18.9 Å². The molecule has 0 aromatic carbocycles. The molecule has 0 spiro atoms. The van der Waals surface area contributed by atoms with Crippen LogP contribution in [0.15, 0.2) is 0 Å². The maximum Gasteiger partial charge on any atom is 0.0611 e. The first-order chi connectivity index (χ1) is 9.31. The van der Waals surface area contributed by atoms with Crippen LogP contribution in [0.3, 0.4) is 0 Å². The van der Waals surface area contributed by atoms with Gasteiger partial charge in [-0.2, -0.15) is 0 Å². The molecule has 0 aromatic heterocycles. The highest BCUT2D eigenvalue weighted by Crippen LogP contribution is 2.19. The number of aliphatic hydroxyl groups is 1. The fourth-order valence-corrected chi connectivity index (χ4v) is 3.15. The topological polar surface area (TPSA) is 35.5 Å². The van der Waals surface area contributed by atoms with Crippen LogP contribution >= 0.6 is 0 Å². The summed E-state index contributed by atoms with van der Waals surface area (Å²) in [6, 6.07) is 0.887. The normalized spacial score (nSPS) is 16.9. The van der Waals surface area contributed by atoms with E-state index in [1.54, 1.807) is 0 Å². The zero-order chi connectivity index (χ0) is 15.8. The Hall–Kier alpha value is -0.120. The van der Waals surface area contributed by atoms with Gasteiger partial charge in [0.1, 0.15) is 0 Å². The van der Waals surface area contributed by atoms with E-state index in [1.165, 1.54) is 19.4 Å². The average Bonchev–Trinajstić information content (AvgIpc) is 2.39. The molecule has 0 radical (unpaired) electrons. The van der Waals surface area contributed by atoms with Crippen molar-refractivity contribution in [3.63, 3.8) is 0 Å². The van der Waals surface area contributed by atoms with Crippen molar-refractivity contribution in [2.75, 3.05) is 19.7 Å². The highest BCUT2D eigenvalue weighted by Gasteiger charge is 2.28. The summed E-state index contributed by atoms with van der Waals surface area (Å²) in [5.74, 6) is 0.788. The predicted molar refractivity (Wildman–Crippen MR) is 89.2 cm³/mol. The Morgan fingerprint density at radius 1 is 1.10 bits per heavy atom. The smallest absolute Gasteiger partial charge is 0.0611 e. The van der Waals surface area contributed by atoms with Gasteiger partial charge in [0.15, 0.2) is 0 Å². The van der Waals surface area contributed by atoms with E-state index in [0.29, 0.717) is 12.1 Å². The first kappa shape index (κ1) is 19.9. The second-order valence-corrected chi connectivity index (χ2v) is 6.84. The highest BCUT2D eigenvalue weighted by molar-refractivity contribution is 4.88. The Labute approximate surface area is 127 Å². The number of hydrogen-bond donors (Lipinski definition) is 2. The maximum atomic E-state index is 9.73. The van der Waals surface area contributed by atoms with Crippen LogP contribution in [0.4, 0.5) is 0 Å². The molecule has 0 amide bonds. The minimum absolute atomic E-state index is 0.186. The molecule has 0 aliphatic carbocycles. The van der Waals surface area contributed by atoms with Gasteiger partial charge < -0.3 is 15.3 Å². The van der Waals surface area contributed by atoms with Gasteiger partial charge in [-0.15, -0.1) is 0 Å². The summed E-state index contributed by atoms with van der Waals surface area (Å²) in [4.78, 5) is 2.56. The SMILES string of the molecule is CCC(CC)CN(CC)C(C)CC(C)(CO)NC(C)C. The third-order valence-electron chi connectivity index (χ3n) is 4.41. The molecule has 0 aliphatic heterocycles. The third-order valence-corrected chi connectivity index (χ3v) is 4.41. The molecule has 0 aromatic rings. The standard InChI is InChI=1S/C17H38N2O/c1-8-16(9-2)12-19(10-3)15(6)11-17(7,13-20)18-14(4)5/h14-16,18,20H,8-13H2,1-7H3. The number of nitrogens with one attached hydrogen (secondary N) is 1. The summed E-state index contributed by atoms with van der Waals surface area (Å²) in [6.07, 6.45) is 3.48. The molecule has 0 saturated carbocycles. The van der Waals surface area contributed by atoms with Crippen molar-refractivity contribution < 1.29 is 5.11 Å². The van der Waals surface area contributed by atoms with Crippen LogP contribution in [0.25, 0.3) is 0 Å². The zero-order valence-electron chi connectivity index (χ0n) is 14.9. The van der Waals surface area contributed by atoms with Gasteiger partial charge in [0.05, 0.1) is 6.61 Å². The molecule has 0 aliphatic rings. The summed E-state index contributed by atoms with van der Waals surface area (Å²) in [7, 11) is 0. The first-order valence-electron chi connectivity index (χ1n) is 8.44. The molecule has 3 heteroatoms. The molecule has 0 bridgehead atoms.